The Bertz CT molecular complexity index is 315. The lowest BCUT2D eigenvalue weighted by Gasteiger charge is -2.09. The maximum atomic E-state index is 11.2. The third kappa shape index (κ3) is 22.8. The topological polar surface area (TPSA) is 124 Å². The molecule has 0 rings (SSSR count). The molecule has 0 aromatic heterocycles. The first-order valence-electron chi connectivity index (χ1n) is 9.07. The molecule has 25 heavy (non-hydrogen) atoms. The van der Waals surface area contributed by atoms with Crippen LogP contribution in [0.3, 0.4) is 0 Å². The highest BCUT2D eigenvalue weighted by atomic mass is 16.5. The Labute approximate surface area is 151 Å². The fraction of sp³-hybridized carbons (Fsp3) is 0.889. The summed E-state index contributed by atoms with van der Waals surface area (Å²) in [6, 6.07) is 0. The zero-order valence-electron chi connectivity index (χ0n) is 15.7. The van der Waals surface area contributed by atoms with Crippen LogP contribution in [0.5, 0.6) is 0 Å². The summed E-state index contributed by atoms with van der Waals surface area (Å²) >= 11 is 0. The molecule has 0 amide bonds. The highest BCUT2D eigenvalue weighted by Crippen LogP contribution is 2.07. The van der Waals surface area contributed by atoms with Crippen LogP contribution in [0.2, 0.25) is 0 Å². The maximum Gasteiger partial charge on any atom is 0.305 e. The van der Waals surface area contributed by atoms with Gasteiger partial charge in [0.05, 0.1) is 6.61 Å². The molecule has 0 bridgehead atoms. The van der Waals surface area contributed by atoms with E-state index in [0.29, 0.717) is 31.3 Å². The summed E-state index contributed by atoms with van der Waals surface area (Å²) in [6.45, 7) is 5.02. The zero-order valence-corrected chi connectivity index (χ0v) is 15.7. The third-order valence-corrected chi connectivity index (χ3v) is 3.76. The minimum Gasteiger partial charge on any atom is -0.481 e. The van der Waals surface area contributed by atoms with E-state index in [0.717, 1.165) is 25.7 Å². The van der Waals surface area contributed by atoms with E-state index in [9.17, 15) is 9.59 Å². The van der Waals surface area contributed by atoms with Gasteiger partial charge >= 0.3 is 11.9 Å². The Hall–Kier alpha value is -1.18. The monoisotopic (exact) mass is 364 g/mol. The lowest BCUT2D eigenvalue weighted by molar-refractivity contribution is -0.144. The van der Waals surface area contributed by atoms with Crippen molar-refractivity contribution in [1.29, 1.82) is 0 Å². The third-order valence-electron chi connectivity index (χ3n) is 3.76. The number of hydrogen-bond donors (Lipinski definition) is 4. The van der Waals surface area contributed by atoms with Gasteiger partial charge < -0.3 is 25.2 Å². The number of hydrogen-bond acceptors (Lipinski definition) is 6. The van der Waals surface area contributed by atoms with Gasteiger partial charge in [-0.05, 0) is 50.4 Å². The van der Waals surface area contributed by atoms with Gasteiger partial charge in [0.1, 0.15) is 0 Å². The normalized spacial score (nSPS) is 11.6. The number of aliphatic hydroxyl groups is 3. The maximum absolute atomic E-state index is 11.2. The molecule has 0 aliphatic heterocycles. The van der Waals surface area contributed by atoms with Gasteiger partial charge in [-0.3, -0.25) is 9.59 Å². The Morgan fingerprint density at radius 1 is 0.800 bits per heavy atom. The number of aliphatic carboxylic acids is 1. The van der Waals surface area contributed by atoms with Crippen molar-refractivity contribution in [3.05, 3.63) is 0 Å². The number of esters is 1. The first kappa shape index (κ1) is 26.1. The van der Waals surface area contributed by atoms with Gasteiger partial charge in [-0.2, -0.15) is 0 Å². The predicted molar refractivity (Wildman–Crippen MR) is 95.1 cm³/mol. The Balaban J connectivity index is 0. The number of aliphatic hydroxyl groups excluding tert-OH is 3. The van der Waals surface area contributed by atoms with Crippen molar-refractivity contribution < 1.29 is 34.8 Å². The van der Waals surface area contributed by atoms with Crippen molar-refractivity contribution in [1.82, 2.24) is 0 Å². The van der Waals surface area contributed by atoms with E-state index in [4.69, 9.17) is 25.2 Å². The predicted octanol–water partition coefficient (Wildman–Crippen LogP) is 1.97. The van der Waals surface area contributed by atoms with Crippen LogP contribution >= 0.6 is 0 Å². The summed E-state index contributed by atoms with van der Waals surface area (Å²) in [5.41, 5.74) is 0. The smallest absolute Gasteiger partial charge is 0.305 e. The Morgan fingerprint density at radius 3 is 1.68 bits per heavy atom. The fourth-order valence-corrected chi connectivity index (χ4v) is 1.94. The minimum atomic E-state index is -0.837. The second-order valence-electron chi connectivity index (χ2n) is 6.36. The van der Waals surface area contributed by atoms with E-state index in [-0.39, 0.29) is 38.6 Å². The SMILES string of the molecule is CC(CCO)CCO.CC(CCO)CCOC(=O)CCCCC(=O)O. The van der Waals surface area contributed by atoms with Crippen molar-refractivity contribution in [2.75, 3.05) is 26.4 Å². The molecule has 0 saturated heterocycles. The molecule has 0 aliphatic rings. The van der Waals surface area contributed by atoms with E-state index in [1.165, 1.54) is 0 Å². The molecule has 0 radical (unpaired) electrons. The molecule has 0 aliphatic carbocycles. The first-order valence-corrected chi connectivity index (χ1v) is 9.07. The quantitative estimate of drug-likeness (QED) is 0.274. The summed E-state index contributed by atoms with van der Waals surface area (Å²) in [5.74, 6) is -0.299. The summed E-state index contributed by atoms with van der Waals surface area (Å²) in [6.07, 6.45) is 4.52. The molecule has 0 fully saturated rings. The van der Waals surface area contributed by atoms with Gasteiger partial charge in [0.15, 0.2) is 0 Å². The number of carbonyl (C=O) groups excluding carboxylic acids is 1. The molecular weight excluding hydrogens is 328 g/mol. The van der Waals surface area contributed by atoms with Crippen LogP contribution in [0.4, 0.5) is 0 Å². The first-order chi connectivity index (χ1) is 11.9. The van der Waals surface area contributed by atoms with Crippen LogP contribution in [0.25, 0.3) is 0 Å². The molecule has 0 spiro atoms. The van der Waals surface area contributed by atoms with Crippen molar-refractivity contribution in [2.24, 2.45) is 11.8 Å². The van der Waals surface area contributed by atoms with Gasteiger partial charge in [-0.25, -0.2) is 0 Å². The summed E-state index contributed by atoms with van der Waals surface area (Å²) in [4.78, 5) is 21.4. The standard InChI is InChI=1S/C12H22O5.C6H14O2/c1-10(6-8-13)7-9-17-12(16)5-3-2-4-11(14)15;1-6(2-4-7)3-5-8/h10,13H,2-9H2,1H3,(H,14,15);6-8H,2-5H2,1H3. The molecule has 0 saturated carbocycles. The molecule has 4 N–H and O–H groups in total. The molecule has 7 heteroatoms. The van der Waals surface area contributed by atoms with Crippen molar-refractivity contribution >= 4 is 11.9 Å². The molecule has 150 valence electrons. The number of carbonyl (C=O) groups is 2. The van der Waals surface area contributed by atoms with Crippen LogP contribution in [0.1, 0.15) is 65.2 Å². The lowest BCUT2D eigenvalue weighted by atomic mass is 10.1. The molecular formula is C18H36O7. The molecule has 7 nitrogen and oxygen atoms in total. The largest absolute Gasteiger partial charge is 0.481 e. The van der Waals surface area contributed by atoms with E-state index >= 15 is 0 Å². The lowest BCUT2D eigenvalue weighted by Crippen LogP contribution is -2.09. The Kier molecular flexibility index (Phi) is 20.0. The second kappa shape index (κ2) is 19.1. The van der Waals surface area contributed by atoms with Crippen LogP contribution in [0, 0.1) is 11.8 Å². The molecule has 0 heterocycles. The van der Waals surface area contributed by atoms with Crippen molar-refractivity contribution in [3.63, 3.8) is 0 Å². The summed E-state index contributed by atoms with van der Waals surface area (Å²) < 4.78 is 5.00. The zero-order chi connectivity index (χ0) is 19.5. The van der Waals surface area contributed by atoms with Gasteiger partial charge in [0.25, 0.3) is 0 Å². The molecule has 1 atom stereocenters. The van der Waals surface area contributed by atoms with Gasteiger partial charge in [0, 0.05) is 32.7 Å². The summed E-state index contributed by atoms with van der Waals surface area (Å²) in [5, 5.41) is 33.8. The van der Waals surface area contributed by atoms with Crippen LogP contribution in [0.15, 0.2) is 0 Å². The number of rotatable bonds is 14. The van der Waals surface area contributed by atoms with E-state index in [1.54, 1.807) is 0 Å². The molecule has 1 unspecified atom stereocenters. The van der Waals surface area contributed by atoms with E-state index < -0.39 is 5.97 Å². The van der Waals surface area contributed by atoms with Crippen molar-refractivity contribution in [2.45, 2.75) is 65.2 Å². The van der Waals surface area contributed by atoms with Gasteiger partial charge in [0.2, 0.25) is 0 Å². The molecule has 0 aromatic rings. The number of carboxylic acids is 1. The van der Waals surface area contributed by atoms with E-state index in [2.05, 4.69) is 0 Å². The van der Waals surface area contributed by atoms with Crippen LogP contribution in [-0.4, -0.2) is 58.8 Å². The average Bonchev–Trinajstić information content (AvgIpc) is 2.53. The highest BCUT2D eigenvalue weighted by Gasteiger charge is 2.06. The summed E-state index contributed by atoms with van der Waals surface area (Å²) in [7, 11) is 0. The number of unbranched alkanes of at least 4 members (excludes halogenated alkanes) is 1. The number of ether oxygens (including phenoxy) is 1. The fourth-order valence-electron chi connectivity index (χ4n) is 1.94. The average molecular weight is 364 g/mol. The van der Waals surface area contributed by atoms with Crippen LogP contribution in [-0.2, 0) is 14.3 Å². The van der Waals surface area contributed by atoms with Gasteiger partial charge in [-0.1, -0.05) is 13.8 Å². The highest BCUT2D eigenvalue weighted by molar-refractivity contribution is 5.69. The van der Waals surface area contributed by atoms with Crippen LogP contribution < -0.4 is 0 Å². The molecule has 0 aromatic carbocycles. The van der Waals surface area contributed by atoms with E-state index in [1.807, 2.05) is 13.8 Å². The minimum absolute atomic E-state index is 0.0980. The Morgan fingerprint density at radius 2 is 1.24 bits per heavy atom. The van der Waals surface area contributed by atoms with Crippen molar-refractivity contribution in [3.8, 4) is 0 Å². The second-order valence-corrected chi connectivity index (χ2v) is 6.36. The van der Waals surface area contributed by atoms with Gasteiger partial charge in [-0.15, -0.1) is 0 Å². The number of carboxylic acid groups (broad SMARTS) is 1.